The van der Waals surface area contributed by atoms with Crippen molar-refractivity contribution < 1.29 is 22.1 Å². The first-order chi connectivity index (χ1) is 16.6. The van der Waals surface area contributed by atoms with Gasteiger partial charge in [-0.1, -0.05) is 24.2 Å². The summed E-state index contributed by atoms with van der Waals surface area (Å²) >= 11 is 0. The van der Waals surface area contributed by atoms with Crippen molar-refractivity contribution in [3.63, 3.8) is 0 Å². The van der Waals surface area contributed by atoms with Gasteiger partial charge in [0.1, 0.15) is 11.4 Å². The van der Waals surface area contributed by atoms with Gasteiger partial charge in [-0.3, -0.25) is 4.79 Å². The lowest BCUT2D eigenvalue weighted by Crippen LogP contribution is -2.33. The molecule has 3 heterocycles. The Morgan fingerprint density at radius 1 is 1.11 bits per heavy atom. The fourth-order valence-electron chi connectivity index (χ4n) is 4.42. The van der Waals surface area contributed by atoms with Crippen molar-refractivity contribution in [1.82, 2.24) is 14.7 Å². The number of alkyl halides is 3. The van der Waals surface area contributed by atoms with Crippen LogP contribution in [0.1, 0.15) is 25.3 Å². The second-order valence-corrected chi connectivity index (χ2v) is 8.97. The first-order valence-corrected chi connectivity index (χ1v) is 11.2. The largest absolute Gasteiger partial charge is 0.416 e. The van der Waals surface area contributed by atoms with Crippen LogP contribution in [-0.4, -0.2) is 27.8 Å². The van der Waals surface area contributed by atoms with Crippen LogP contribution in [-0.2, 0) is 13.2 Å². The van der Waals surface area contributed by atoms with E-state index in [9.17, 15) is 18.0 Å². The third-order valence-electron chi connectivity index (χ3n) is 6.49. The summed E-state index contributed by atoms with van der Waals surface area (Å²) in [6, 6.07) is 7.40. The third kappa shape index (κ3) is 4.28. The van der Waals surface area contributed by atoms with E-state index in [2.05, 4.69) is 17.1 Å². The third-order valence-corrected chi connectivity index (χ3v) is 6.49. The van der Waals surface area contributed by atoms with E-state index in [1.807, 2.05) is 4.90 Å². The lowest BCUT2D eigenvalue weighted by molar-refractivity contribution is -0.137. The van der Waals surface area contributed by atoms with Gasteiger partial charge in [-0.25, -0.2) is 4.39 Å². The molecule has 6 nitrogen and oxygen atoms in total. The molecule has 0 N–H and O–H groups in total. The van der Waals surface area contributed by atoms with Crippen LogP contribution in [0.25, 0.3) is 33.7 Å². The van der Waals surface area contributed by atoms with Crippen LogP contribution in [0, 0.1) is 11.7 Å². The average molecular weight is 486 g/mol. The summed E-state index contributed by atoms with van der Waals surface area (Å²) in [6.45, 7) is 3.67. The van der Waals surface area contributed by atoms with Crippen LogP contribution in [0.4, 0.5) is 23.2 Å². The fourth-order valence-corrected chi connectivity index (χ4v) is 4.42. The van der Waals surface area contributed by atoms with Gasteiger partial charge in [-0.05, 0) is 43.0 Å². The van der Waals surface area contributed by atoms with E-state index in [1.54, 1.807) is 17.7 Å². The zero-order chi connectivity index (χ0) is 24.9. The molecule has 0 radical (unpaired) electrons. The van der Waals surface area contributed by atoms with Crippen molar-refractivity contribution in [2.24, 2.45) is 13.0 Å². The van der Waals surface area contributed by atoms with E-state index in [-0.39, 0.29) is 28.2 Å². The summed E-state index contributed by atoms with van der Waals surface area (Å²) < 4.78 is 61.1. The maximum absolute atomic E-state index is 15.1. The molecule has 0 aliphatic carbocycles. The maximum atomic E-state index is 15.1. The Labute approximate surface area is 197 Å². The highest BCUT2D eigenvalue weighted by Gasteiger charge is 2.31. The molecule has 0 amide bonds. The number of aromatic nitrogens is 3. The second-order valence-electron chi connectivity index (χ2n) is 8.97. The van der Waals surface area contributed by atoms with Crippen molar-refractivity contribution in [3.05, 3.63) is 64.2 Å². The maximum Gasteiger partial charge on any atom is 0.416 e. The van der Waals surface area contributed by atoms with Gasteiger partial charge in [-0.2, -0.15) is 18.2 Å². The Kier molecular flexibility index (Phi) is 5.61. The number of benzene rings is 2. The fraction of sp³-hybridized carbons (Fsp3) is 0.320. The normalized spacial score (nSPS) is 15.2. The van der Waals surface area contributed by atoms with Gasteiger partial charge < -0.3 is 14.0 Å². The predicted octanol–water partition coefficient (Wildman–Crippen LogP) is 5.65. The molecule has 2 aromatic carbocycles. The quantitative estimate of drug-likeness (QED) is 0.350. The Balaban J connectivity index is 1.54. The molecule has 1 aliphatic heterocycles. The summed E-state index contributed by atoms with van der Waals surface area (Å²) in [5, 5.41) is 3.90. The number of rotatable bonds is 3. The van der Waals surface area contributed by atoms with Gasteiger partial charge >= 0.3 is 6.18 Å². The number of nitrogens with zero attached hydrogens (tertiary/aromatic N) is 4. The molecule has 0 saturated carbocycles. The summed E-state index contributed by atoms with van der Waals surface area (Å²) in [5.74, 6) is -0.142. The minimum absolute atomic E-state index is 0.0321. The van der Waals surface area contributed by atoms with Crippen molar-refractivity contribution in [3.8, 4) is 22.8 Å². The van der Waals surface area contributed by atoms with Gasteiger partial charge in [-0.15, -0.1) is 0 Å². The SMILES string of the molecule is CC1CCN(c2cc3c(cc2F)c(=O)c(-c2nc(-c4cccc(C(F)(F)F)c4)no2)cn3C)CC1. The minimum atomic E-state index is -4.52. The number of halogens is 4. The summed E-state index contributed by atoms with van der Waals surface area (Å²) in [7, 11) is 1.72. The zero-order valence-electron chi connectivity index (χ0n) is 19.1. The number of piperidine rings is 1. The van der Waals surface area contributed by atoms with Crippen molar-refractivity contribution >= 4 is 16.6 Å². The van der Waals surface area contributed by atoms with Gasteiger partial charge in [0.15, 0.2) is 0 Å². The molecule has 0 spiro atoms. The van der Waals surface area contributed by atoms with Crippen LogP contribution in [0.3, 0.4) is 0 Å². The molecule has 182 valence electrons. The smallest absolute Gasteiger partial charge is 0.369 e. The van der Waals surface area contributed by atoms with Gasteiger partial charge in [0.05, 0.1) is 16.8 Å². The number of pyridine rings is 1. The van der Waals surface area contributed by atoms with Gasteiger partial charge in [0.2, 0.25) is 11.3 Å². The first-order valence-electron chi connectivity index (χ1n) is 11.2. The van der Waals surface area contributed by atoms with Gasteiger partial charge in [0.25, 0.3) is 5.89 Å². The molecule has 10 heteroatoms. The highest BCUT2D eigenvalue weighted by molar-refractivity contribution is 5.86. The zero-order valence-corrected chi connectivity index (χ0v) is 19.1. The Bertz CT molecular complexity index is 1470. The van der Waals surface area contributed by atoms with Crippen molar-refractivity contribution in [1.29, 1.82) is 0 Å². The van der Waals surface area contributed by atoms with Crippen LogP contribution in [0.15, 0.2) is 51.9 Å². The molecule has 2 aromatic heterocycles. The Morgan fingerprint density at radius 2 is 1.86 bits per heavy atom. The van der Waals surface area contributed by atoms with E-state index < -0.39 is 23.0 Å². The minimum Gasteiger partial charge on any atom is -0.369 e. The molecular weight excluding hydrogens is 464 g/mol. The number of anilines is 1. The molecule has 35 heavy (non-hydrogen) atoms. The summed E-state index contributed by atoms with van der Waals surface area (Å²) in [6.07, 6.45) is -1.07. The van der Waals surface area contributed by atoms with Crippen LogP contribution in [0.5, 0.6) is 0 Å². The summed E-state index contributed by atoms with van der Waals surface area (Å²) in [4.78, 5) is 19.4. The lowest BCUT2D eigenvalue weighted by Gasteiger charge is -2.32. The molecule has 4 aromatic rings. The first kappa shape index (κ1) is 23.1. The highest BCUT2D eigenvalue weighted by Crippen LogP contribution is 2.33. The number of hydrogen-bond acceptors (Lipinski definition) is 5. The number of aryl methyl sites for hydroxylation is 1. The van der Waals surface area contributed by atoms with Crippen molar-refractivity contribution in [2.45, 2.75) is 25.9 Å². The number of fused-ring (bicyclic) bond motifs is 1. The van der Waals surface area contributed by atoms with Gasteiger partial charge in [0, 0.05) is 37.3 Å². The van der Waals surface area contributed by atoms with E-state index in [1.165, 1.54) is 24.4 Å². The van der Waals surface area contributed by atoms with E-state index >= 15 is 4.39 Å². The molecule has 1 fully saturated rings. The molecule has 0 atom stereocenters. The van der Waals surface area contributed by atoms with E-state index in [4.69, 9.17) is 4.52 Å². The second kappa shape index (κ2) is 8.51. The van der Waals surface area contributed by atoms with E-state index in [0.29, 0.717) is 17.1 Å². The van der Waals surface area contributed by atoms with Crippen LogP contribution in [0.2, 0.25) is 0 Å². The topological polar surface area (TPSA) is 64.2 Å². The predicted molar refractivity (Wildman–Crippen MR) is 123 cm³/mol. The molecule has 1 saturated heterocycles. The van der Waals surface area contributed by atoms with Crippen LogP contribution >= 0.6 is 0 Å². The highest BCUT2D eigenvalue weighted by atomic mass is 19.4. The average Bonchev–Trinajstić information content (AvgIpc) is 3.31. The lowest BCUT2D eigenvalue weighted by atomic mass is 9.98. The van der Waals surface area contributed by atoms with Crippen LogP contribution < -0.4 is 10.3 Å². The Morgan fingerprint density at radius 3 is 2.57 bits per heavy atom. The van der Waals surface area contributed by atoms with E-state index in [0.717, 1.165) is 38.1 Å². The van der Waals surface area contributed by atoms with Crippen molar-refractivity contribution in [2.75, 3.05) is 18.0 Å². The number of hydrogen-bond donors (Lipinski definition) is 0. The monoisotopic (exact) mass is 486 g/mol. The molecule has 0 bridgehead atoms. The molecule has 0 unspecified atom stereocenters. The molecular formula is C25H22F4N4O2. The molecule has 5 rings (SSSR count). The Hall–Kier alpha value is -3.69. The molecule has 1 aliphatic rings. The standard InChI is InChI=1S/C25H22F4N4O2/c1-14-6-8-33(9-7-14)21-12-20-17(11-19(21)26)22(34)18(13-32(20)2)24-30-23(31-35-24)15-4-3-5-16(10-15)25(27,28)29/h3-5,10-14H,6-9H2,1-2H3. The summed E-state index contributed by atoms with van der Waals surface area (Å²) in [5.41, 5.74) is -0.223.